The number of nitrogens with zero attached hydrogens (tertiary/aromatic N) is 3. The van der Waals surface area contributed by atoms with Crippen LogP contribution in [-0.2, 0) is 6.42 Å². The molecule has 0 saturated carbocycles. The molecule has 2 aliphatic rings. The Balaban J connectivity index is 0.000000847. The molecule has 0 radical (unpaired) electrons. The maximum Gasteiger partial charge on any atom is 0.254 e. The number of fused-ring (bicyclic) bond motifs is 2. The van der Waals surface area contributed by atoms with Gasteiger partial charge in [-0.05, 0) is 37.6 Å². The molecule has 2 bridgehead atoms. The smallest absolute Gasteiger partial charge is 0.254 e. The summed E-state index contributed by atoms with van der Waals surface area (Å²) in [4.78, 5) is 17.1. The van der Waals surface area contributed by atoms with E-state index in [1.807, 2.05) is 38.1 Å². The number of hydrogen-bond acceptors (Lipinski definition) is 3. The lowest BCUT2D eigenvalue weighted by Crippen LogP contribution is -2.54. The summed E-state index contributed by atoms with van der Waals surface area (Å²) in [6, 6.07) is 10.3. The van der Waals surface area contributed by atoms with Crippen LogP contribution in [0.5, 0.6) is 0 Å². The molecule has 1 aromatic carbocycles. The van der Waals surface area contributed by atoms with Crippen molar-refractivity contribution >= 4 is 5.91 Å². The van der Waals surface area contributed by atoms with Crippen LogP contribution in [0.25, 0.3) is 0 Å². The SMILES string of the molecule is CC.CN1CC2CCC(C1)N2C(=O)c1ccc(CC#N)cc1. The fraction of sp³-hybridized carbons (Fsp3) is 0.556. The van der Waals surface area contributed by atoms with E-state index in [0.29, 0.717) is 18.5 Å². The maximum atomic E-state index is 12.7. The van der Waals surface area contributed by atoms with Crippen molar-refractivity contribution in [3.05, 3.63) is 35.4 Å². The monoisotopic (exact) mass is 299 g/mol. The number of piperazine rings is 1. The molecule has 1 amide bonds. The van der Waals surface area contributed by atoms with Crippen molar-refractivity contribution in [1.82, 2.24) is 9.80 Å². The first-order chi connectivity index (χ1) is 10.7. The summed E-state index contributed by atoms with van der Waals surface area (Å²) < 4.78 is 0. The van der Waals surface area contributed by atoms with Crippen LogP contribution in [-0.4, -0.2) is 47.9 Å². The van der Waals surface area contributed by atoms with Gasteiger partial charge in [0.25, 0.3) is 5.91 Å². The van der Waals surface area contributed by atoms with Crippen LogP contribution < -0.4 is 0 Å². The Morgan fingerprint density at radius 1 is 1.18 bits per heavy atom. The third-order valence-corrected chi connectivity index (χ3v) is 4.38. The second kappa shape index (κ2) is 7.42. The van der Waals surface area contributed by atoms with Gasteiger partial charge in [0.2, 0.25) is 0 Å². The molecular formula is C18H25N3O. The summed E-state index contributed by atoms with van der Waals surface area (Å²) in [6.45, 7) is 5.96. The molecule has 22 heavy (non-hydrogen) atoms. The van der Waals surface area contributed by atoms with Gasteiger partial charge >= 0.3 is 0 Å². The highest BCUT2D eigenvalue weighted by Crippen LogP contribution is 2.31. The van der Waals surface area contributed by atoms with Gasteiger partial charge in [-0.3, -0.25) is 4.79 Å². The van der Waals surface area contributed by atoms with E-state index >= 15 is 0 Å². The molecule has 2 saturated heterocycles. The van der Waals surface area contributed by atoms with E-state index < -0.39 is 0 Å². The van der Waals surface area contributed by atoms with Crippen LogP contribution in [0.15, 0.2) is 24.3 Å². The summed E-state index contributed by atoms with van der Waals surface area (Å²) in [5, 5.41) is 8.67. The predicted octanol–water partition coefficient (Wildman–Crippen LogP) is 2.70. The number of rotatable bonds is 2. The molecule has 2 unspecified atom stereocenters. The van der Waals surface area contributed by atoms with Gasteiger partial charge in [-0.1, -0.05) is 26.0 Å². The van der Waals surface area contributed by atoms with Crippen LogP contribution in [0, 0.1) is 11.3 Å². The van der Waals surface area contributed by atoms with E-state index in [9.17, 15) is 4.79 Å². The molecule has 2 aliphatic heterocycles. The summed E-state index contributed by atoms with van der Waals surface area (Å²) in [5.74, 6) is 0.147. The van der Waals surface area contributed by atoms with E-state index in [0.717, 1.165) is 37.1 Å². The van der Waals surface area contributed by atoms with E-state index in [-0.39, 0.29) is 5.91 Å². The third kappa shape index (κ3) is 3.31. The van der Waals surface area contributed by atoms with Crippen LogP contribution in [0.1, 0.15) is 42.6 Å². The highest BCUT2D eigenvalue weighted by Gasteiger charge is 2.41. The summed E-state index contributed by atoms with van der Waals surface area (Å²) in [5.41, 5.74) is 1.71. The average molecular weight is 299 g/mol. The third-order valence-electron chi connectivity index (χ3n) is 4.38. The van der Waals surface area contributed by atoms with Crippen LogP contribution in [0.4, 0.5) is 0 Å². The molecule has 4 nitrogen and oxygen atoms in total. The Labute approximate surface area is 133 Å². The second-order valence-electron chi connectivity index (χ2n) is 5.85. The zero-order chi connectivity index (χ0) is 16.1. The second-order valence-corrected chi connectivity index (χ2v) is 5.85. The summed E-state index contributed by atoms with van der Waals surface area (Å²) in [7, 11) is 2.13. The minimum Gasteiger partial charge on any atom is -0.330 e. The number of likely N-dealkylation sites (N-methyl/N-ethyl adjacent to an activating group) is 1. The Bertz CT molecular complexity index is 532. The van der Waals surface area contributed by atoms with E-state index in [2.05, 4.69) is 22.9 Å². The molecule has 2 heterocycles. The highest BCUT2D eigenvalue weighted by molar-refractivity contribution is 5.95. The lowest BCUT2D eigenvalue weighted by atomic mass is 10.1. The number of hydrogen-bond donors (Lipinski definition) is 0. The number of benzene rings is 1. The van der Waals surface area contributed by atoms with E-state index in [1.54, 1.807) is 0 Å². The van der Waals surface area contributed by atoms with Gasteiger partial charge in [-0.15, -0.1) is 0 Å². The zero-order valence-corrected chi connectivity index (χ0v) is 13.7. The molecule has 2 atom stereocenters. The first-order valence-corrected chi connectivity index (χ1v) is 8.16. The predicted molar refractivity (Wildman–Crippen MR) is 87.6 cm³/mol. The van der Waals surface area contributed by atoms with Crippen molar-refractivity contribution < 1.29 is 4.79 Å². The lowest BCUT2D eigenvalue weighted by molar-refractivity contribution is 0.0473. The van der Waals surface area contributed by atoms with Gasteiger partial charge in [-0.25, -0.2) is 0 Å². The number of likely N-dealkylation sites (tertiary alicyclic amines) is 1. The summed E-state index contributed by atoms with van der Waals surface area (Å²) >= 11 is 0. The fourth-order valence-corrected chi connectivity index (χ4v) is 3.45. The Hall–Kier alpha value is -1.86. The minimum absolute atomic E-state index is 0.147. The molecule has 1 aromatic rings. The van der Waals surface area contributed by atoms with Gasteiger partial charge < -0.3 is 9.80 Å². The average Bonchev–Trinajstić information content (AvgIpc) is 2.81. The van der Waals surface area contributed by atoms with Crippen molar-refractivity contribution in [1.29, 1.82) is 5.26 Å². The van der Waals surface area contributed by atoms with E-state index in [4.69, 9.17) is 5.26 Å². The molecule has 4 heteroatoms. The van der Waals surface area contributed by atoms with Gasteiger partial charge in [0.05, 0.1) is 12.5 Å². The highest BCUT2D eigenvalue weighted by atomic mass is 16.2. The first-order valence-electron chi connectivity index (χ1n) is 8.16. The van der Waals surface area contributed by atoms with Gasteiger partial charge in [0.15, 0.2) is 0 Å². The van der Waals surface area contributed by atoms with Crippen molar-refractivity contribution in [3.8, 4) is 6.07 Å². The molecule has 0 N–H and O–H groups in total. The minimum atomic E-state index is 0.147. The zero-order valence-electron chi connectivity index (χ0n) is 13.7. The number of nitriles is 1. The molecule has 118 valence electrons. The van der Waals surface area contributed by atoms with Crippen LogP contribution >= 0.6 is 0 Å². The normalized spacial score (nSPS) is 23.5. The quantitative estimate of drug-likeness (QED) is 0.843. The number of amides is 1. The van der Waals surface area contributed by atoms with Gasteiger partial charge in [0, 0.05) is 30.7 Å². The Morgan fingerprint density at radius 2 is 1.73 bits per heavy atom. The van der Waals surface area contributed by atoms with Crippen molar-refractivity contribution in [2.75, 3.05) is 20.1 Å². The van der Waals surface area contributed by atoms with Crippen LogP contribution in [0.2, 0.25) is 0 Å². The molecule has 3 rings (SSSR count). The van der Waals surface area contributed by atoms with Crippen LogP contribution in [0.3, 0.4) is 0 Å². The van der Waals surface area contributed by atoms with Crippen molar-refractivity contribution in [2.24, 2.45) is 0 Å². The van der Waals surface area contributed by atoms with Crippen molar-refractivity contribution in [2.45, 2.75) is 45.2 Å². The molecule has 0 spiro atoms. The lowest BCUT2D eigenvalue weighted by Gasteiger charge is -2.39. The fourth-order valence-electron chi connectivity index (χ4n) is 3.45. The van der Waals surface area contributed by atoms with Gasteiger partial charge in [-0.2, -0.15) is 5.26 Å². The first kappa shape index (κ1) is 16.5. The molecular weight excluding hydrogens is 274 g/mol. The number of carbonyl (C=O) groups is 1. The number of carbonyl (C=O) groups excluding carboxylic acids is 1. The molecule has 0 aliphatic carbocycles. The van der Waals surface area contributed by atoms with Crippen molar-refractivity contribution in [3.63, 3.8) is 0 Å². The molecule has 0 aromatic heterocycles. The largest absolute Gasteiger partial charge is 0.330 e. The Kier molecular flexibility index (Phi) is 5.57. The molecule has 2 fully saturated rings. The van der Waals surface area contributed by atoms with Gasteiger partial charge in [0.1, 0.15) is 0 Å². The van der Waals surface area contributed by atoms with E-state index in [1.165, 1.54) is 0 Å². The maximum absolute atomic E-state index is 12.7. The standard InChI is InChI=1S/C16H19N3O.C2H6/c1-18-10-14-6-7-15(11-18)19(14)16(20)13-4-2-12(3-5-13)8-9-17;1-2/h2-5,14-15H,6-8,10-11H2,1H3;1-2H3. The topological polar surface area (TPSA) is 47.3 Å². The Morgan fingerprint density at radius 3 is 2.23 bits per heavy atom. The summed E-state index contributed by atoms with van der Waals surface area (Å²) in [6.07, 6.45) is 2.63.